The van der Waals surface area contributed by atoms with Crippen LogP contribution in [0.4, 0.5) is 0 Å². The van der Waals surface area contributed by atoms with Crippen molar-refractivity contribution in [2.45, 2.75) is 30.7 Å². The molecule has 0 radical (unpaired) electrons. The fraction of sp³-hybridized carbons (Fsp3) is 0.435. The predicted octanol–water partition coefficient (Wildman–Crippen LogP) is 4.12. The third kappa shape index (κ3) is 5.64. The maximum atomic E-state index is 13.0. The van der Waals surface area contributed by atoms with Crippen LogP contribution in [-0.4, -0.2) is 57.3 Å². The zero-order valence-electron chi connectivity index (χ0n) is 18.5. The van der Waals surface area contributed by atoms with E-state index in [2.05, 4.69) is 34.5 Å². The van der Waals surface area contributed by atoms with Gasteiger partial charge in [-0.05, 0) is 51.6 Å². The summed E-state index contributed by atoms with van der Waals surface area (Å²) in [5.41, 5.74) is 2.33. The number of benzene rings is 2. The van der Waals surface area contributed by atoms with Crippen molar-refractivity contribution in [3.05, 3.63) is 63.6 Å². The Kier molecular flexibility index (Phi) is 8.22. The second-order valence-electron chi connectivity index (χ2n) is 8.36. The molecule has 1 amide bonds. The fourth-order valence-electron chi connectivity index (χ4n) is 3.95. The molecular formula is C23H29Cl2N3O3S. The van der Waals surface area contributed by atoms with E-state index in [1.165, 1.54) is 22.0 Å². The van der Waals surface area contributed by atoms with Crippen LogP contribution in [0.15, 0.2) is 47.4 Å². The van der Waals surface area contributed by atoms with E-state index in [-0.39, 0.29) is 45.9 Å². The maximum absolute atomic E-state index is 13.0. The third-order valence-corrected chi connectivity index (χ3v) is 8.75. The molecule has 0 bridgehead atoms. The van der Waals surface area contributed by atoms with E-state index in [0.29, 0.717) is 19.4 Å². The summed E-state index contributed by atoms with van der Waals surface area (Å²) in [6.07, 6.45) is 0.897. The van der Waals surface area contributed by atoms with Crippen molar-refractivity contribution in [3.8, 4) is 0 Å². The number of nitrogens with one attached hydrogen (secondary N) is 1. The van der Waals surface area contributed by atoms with Gasteiger partial charge < -0.3 is 10.2 Å². The highest BCUT2D eigenvalue weighted by molar-refractivity contribution is 7.89. The van der Waals surface area contributed by atoms with E-state index in [0.717, 1.165) is 5.56 Å². The molecule has 3 rings (SSSR count). The second-order valence-corrected chi connectivity index (χ2v) is 11.1. The minimum atomic E-state index is -3.82. The molecular weight excluding hydrogens is 469 g/mol. The van der Waals surface area contributed by atoms with Crippen molar-refractivity contribution in [3.63, 3.8) is 0 Å². The summed E-state index contributed by atoms with van der Waals surface area (Å²) < 4.78 is 27.4. The number of carbonyl (C=O) groups excluding carboxylic acids is 1. The monoisotopic (exact) mass is 497 g/mol. The minimum Gasteiger partial charge on any atom is -0.354 e. The van der Waals surface area contributed by atoms with Crippen LogP contribution in [-0.2, 0) is 14.8 Å². The summed E-state index contributed by atoms with van der Waals surface area (Å²) >= 11 is 12.2. The molecule has 1 aliphatic heterocycles. The molecule has 1 atom stereocenters. The molecule has 9 heteroatoms. The van der Waals surface area contributed by atoms with Gasteiger partial charge in [-0.25, -0.2) is 8.42 Å². The van der Waals surface area contributed by atoms with Crippen LogP contribution in [0, 0.1) is 12.8 Å². The second kappa shape index (κ2) is 10.5. The Balaban J connectivity index is 1.60. The molecule has 0 saturated carbocycles. The standard InChI is InChI=1S/C23H29Cl2N3O3S/c1-16-7-9-17(10-8-16)21(27(2)3)15-26-23(29)18-11-13-28(14-12-18)32(30,31)22-19(24)5-4-6-20(22)25/h4-10,18,21H,11-15H2,1-3H3,(H,26,29). The molecule has 0 spiro atoms. The Bertz CT molecular complexity index is 1030. The summed E-state index contributed by atoms with van der Waals surface area (Å²) in [7, 11) is 0.154. The van der Waals surface area contributed by atoms with Crippen molar-refractivity contribution in [2.24, 2.45) is 5.92 Å². The Labute approximate surface area is 200 Å². The van der Waals surface area contributed by atoms with Crippen LogP contribution in [0.25, 0.3) is 0 Å². The van der Waals surface area contributed by atoms with Crippen LogP contribution in [0.2, 0.25) is 10.0 Å². The first-order chi connectivity index (χ1) is 15.1. The number of aryl methyl sites for hydroxylation is 1. The number of hydrogen-bond donors (Lipinski definition) is 1. The largest absolute Gasteiger partial charge is 0.354 e. The third-order valence-electron chi connectivity index (χ3n) is 5.90. The molecule has 1 saturated heterocycles. The van der Waals surface area contributed by atoms with E-state index >= 15 is 0 Å². The zero-order valence-corrected chi connectivity index (χ0v) is 20.8. The molecule has 2 aromatic rings. The minimum absolute atomic E-state index is 0.0446. The van der Waals surface area contributed by atoms with Gasteiger partial charge in [0.2, 0.25) is 15.9 Å². The molecule has 174 valence electrons. The van der Waals surface area contributed by atoms with Gasteiger partial charge in [0.1, 0.15) is 4.90 Å². The van der Waals surface area contributed by atoms with Gasteiger partial charge in [-0.1, -0.05) is 59.1 Å². The van der Waals surface area contributed by atoms with E-state index in [9.17, 15) is 13.2 Å². The smallest absolute Gasteiger partial charge is 0.246 e. The molecule has 1 heterocycles. The normalized spacial score (nSPS) is 16.8. The lowest BCUT2D eigenvalue weighted by atomic mass is 9.97. The molecule has 1 N–H and O–H groups in total. The number of rotatable bonds is 7. The van der Waals surface area contributed by atoms with Crippen LogP contribution >= 0.6 is 23.2 Å². The Hall–Kier alpha value is -1.64. The fourth-order valence-corrected chi connectivity index (χ4v) is 6.51. The van der Waals surface area contributed by atoms with E-state index < -0.39 is 10.0 Å². The van der Waals surface area contributed by atoms with Crippen molar-refractivity contribution >= 4 is 39.1 Å². The topological polar surface area (TPSA) is 69.7 Å². The van der Waals surface area contributed by atoms with Gasteiger partial charge in [0, 0.05) is 25.6 Å². The summed E-state index contributed by atoms with van der Waals surface area (Å²) in [5.74, 6) is -0.277. The van der Waals surface area contributed by atoms with Gasteiger partial charge in [-0.15, -0.1) is 0 Å². The number of hydrogen-bond acceptors (Lipinski definition) is 4. The van der Waals surface area contributed by atoms with E-state index in [1.54, 1.807) is 6.07 Å². The Morgan fingerprint density at radius 2 is 1.66 bits per heavy atom. The molecule has 0 aromatic heterocycles. The van der Waals surface area contributed by atoms with Crippen molar-refractivity contribution in [1.82, 2.24) is 14.5 Å². The average Bonchev–Trinajstić information content (AvgIpc) is 2.74. The van der Waals surface area contributed by atoms with Gasteiger partial charge >= 0.3 is 0 Å². The molecule has 1 unspecified atom stereocenters. The van der Waals surface area contributed by atoms with Crippen molar-refractivity contribution < 1.29 is 13.2 Å². The van der Waals surface area contributed by atoms with Crippen LogP contribution in [0.3, 0.4) is 0 Å². The van der Waals surface area contributed by atoms with Crippen LogP contribution in [0.5, 0.6) is 0 Å². The highest BCUT2D eigenvalue weighted by Crippen LogP contribution is 2.33. The zero-order chi connectivity index (χ0) is 23.5. The predicted molar refractivity (Wildman–Crippen MR) is 129 cm³/mol. The van der Waals surface area contributed by atoms with Gasteiger partial charge in [0.25, 0.3) is 0 Å². The number of likely N-dealkylation sites (N-methyl/N-ethyl adjacent to an activating group) is 1. The lowest BCUT2D eigenvalue weighted by molar-refractivity contribution is -0.126. The number of amides is 1. The lowest BCUT2D eigenvalue weighted by Gasteiger charge is -2.32. The highest BCUT2D eigenvalue weighted by Gasteiger charge is 2.34. The Morgan fingerprint density at radius 3 is 2.19 bits per heavy atom. The van der Waals surface area contributed by atoms with Crippen molar-refractivity contribution in [1.29, 1.82) is 0 Å². The first-order valence-corrected chi connectivity index (χ1v) is 12.8. The Morgan fingerprint density at radius 1 is 1.09 bits per heavy atom. The van der Waals surface area contributed by atoms with Gasteiger partial charge in [-0.3, -0.25) is 4.79 Å². The van der Waals surface area contributed by atoms with E-state index in [1.807, 2.05) is 21.0 Å². The first kappa shape index (κ1) is 25.0. The molecule has 32 heavy (non-hydrogen) atoms. The lowest BCUT2D eigenvalue weighted by Crippen LogP contribution is -2.44. The van der Waals surface area contributed by atoms with Crippen molar-refractivity contribution in [2.75, 3.05) is 33.7 Å². The number of piperidine rings is 1. The van der Waals surface area contributed by atoms with Gasteiger partial charge in [0.15, 0.2) is 0 Å². The first-order valence-electron chi connectivity index (χ1n) is 10.6. The number of nitrogens with zero attached hydrogens (tertiary/aromatic N) is 2. The number of halogens is 2. The summed E-state index contributed by atoms with van der Waals surface area (Å²) in [4.78, 5) is 14.8. The average molecular weight is 498 g/mol. The maximum Gasteiger partial charge on any atom is 0.246 e. The SMILES string of the molecule is Cc1ccc(C(CNC(=O)C2CCN(S(=O)(=O)c3c(Cl)cccc3Cl)CC2)N(C)C)cc1. The van der Waals surface area contributed by atoms with E-state index in [4.69, 9.17) is 23.2 Å². The molecule has 0 aliphatic carbocycles. The molecule has 1 aliphatic rings. The highest BCUT2D eigenvalue weighted by atomic mass is 35.5. The molecule has 6 nitrogen and oxygen atoms in total. The van der Waals surface area contributed by atoms with Gasteiger partial charge in [-0.2, -0.15) is 4.31 Å². The quantitative estimate of drug-likeness (QED) is 0.624. The summed E-state index contributed by atoms with van der Waals surface area (Å²) in [6.45, 7) is 3.03. The van der Waals surface area contributed by atoms with Gasteiger partial charge in [0.05, 0.1) is 16.1 Å². The molecule has 1 fully saturated rings. The van der Waals surface area contributed by atoms with Crippen LogP contribution < -0.4 is 5.32 Å². The van der Waals surface area contributed by atoms with Crippen LogP contribution in [0.1, 0.15) is 30.0 Å². The molecule has 2 aromatic carbocycles. The number of sulfonamides is 1. The summed E-state index contributed by atoms with van der Waals surface area (Å²) in [5, 5.41) is 3.26. The number of carbonyl (C=O) groups is 1. The summed E-state index contributed by atoms with van der Waals surface area (Å²) in [6, 6.07) is 13.0.